The Labute approximate surface area is 89.5 Å². The van der Waals surface area contributed by atoms with Crippen molar-refractivity contribution in [2.75, 3.05) is 13.2 Å². The predicted octanol–water partition coefficient (Wildman–Crippen LogP) is 2.77. The van der Waals surface area contributed by atoms with Crippen LogP contribution in [0.2, 0.25) is 0 Å². The van der Waals surface area contributed by atoms with E-state index in [1.807, 2.05) is 0 Å². The van der Waals surface area contributed by atoms with E-state index in [1.54, 1.807) is 0 Å². The van der Waals surface area contributed by atoms with Gasteiger partial charge in [-0.05, 0) is 36.5 Å². The Morgan fingerprint density at radius 2 is 1.50 bits per heavy atom. The number of hydrogen-bond acceptors (Lipinski definition) is 1. The zero-order chi connectivity index (χ0) is 8.34. The minimum atomic E-state index is 0.310. The van der Waals surface area contributed by atoms with E-state index in [9.17, 15) is 0 Å². The molecule has 1 aliphatic heterocycles. The van der Waals surface area contributed by atoms with Crippen molar-refractivity contribution in [3.05, 3.63) is 0 Å². The lowest BCUT2D eigenvalue weighted by atomic mass is 9.82. The Kier molecular flexibility index (Phi) is 1.71. The van der Waals surface area contributed by atoms with Crippen LogP contribution in [0.5, 0.6) is 0 Å². The summed E-state index contributed by atoms with van der Waals surface area (Å²) in [6.45, 7) is 2.04. The first-order valence-corrected chi connectivity index (χ1v) is 6.23. The maximum absolute atomic E-state index is 5.50. The molecule has 0 aromatic rings. The first-order valence-electron chi connectivity index (χ1n) is 4.65. The second-order valence-corrected chi connectivity index (χ2v) is 8.11. The van der Waals surface area contributed by atoms with Gasteiger partial charge in [0.1, 0.15) is 0 Å². The first-order chi connectivity index (χ1) is 5.69. The van der Waals surface area contributed by atoms with Gasteiger partial charge in [0.25, 0.3) is 0 Å². The Bertz CT molecular complexity index is 193. The number of halogens is 2. The Balaban J connectivity index is 1.78. The van der Waals surface area contributed by atoms with Crippen molar-refractivity contribution < 1.29 is 4.74 Å². The van der Waals surface area contributed by atoms with E-state index in [2.05, 4.69) is 31.9 Å². The third-order valence-corrected chi connectivity index (χ3v) is 6.16. The zero-order valence-electron chi connectivity index (χ0n) is 6.80. The molecule has 3 rings (SSSR count). The van der Waals surface area contributed by atoms with Gasteiger partial charge in [-0.1, -0.05) is 31.9 Å². The van der Waals surface area contributed by atoms with Gasteiger partial charge in [0.2, 0.25) is 0 Å². The summed E-state index contributed by atoms with van der Waals surface area (Å²) >= 11 is 7.53. The summed E-state index contributed by atoms with van der Waals surface area (Å²) in [7, 11) is 0. The van der Waals surface area contributed by atoms with Crippen LogP contribution >= 0.6 is 31.9 Å². The molecule has 0 unspecified atom stereocenters. The van der Waals surface area contributed by atoms with Gasteiger partial charge >= 0.3 is 0 Å². The molecular weight excluding hydrogens is 284 g/mol. The molecule has 4 atom stereocenters. The number of hydrogen-bond donors (Lipinski definition) is 0. The molecule has 3 aliphatic rings. The molecule has 2 aliphatic carbocycles. The van der Waals surface area contributed by atoms with Crippen LogP contribution in [0.25, 0.3) is 0 Å². The molecule has 68 valence electrons. The van der Waals surface area contributed by atoms with Crippen LogP contribution < -0.4 is 0 Å². The van der Waals surface area contributed by atoms with Gasteiger partial charge in [-0.2, -0.15) is 0 Å². The molecule has 0 radical (unpaired) electrons. The Morgan fingerprint density at radius 3 is 2.00 bits per heavy atom. The minimum Gasteiger partial charge on any atom is -0.381 e. The summed E-state index contributed by atoms with van der Waals surface area (Å²) in [5.41, 5.74) is 0. The SMILES string of the molecule is BrC1(Br)[C@@H]2C[C@@H]3COC[C@H]3C[C@@H]21. The number of rotatable bonds is 0. The molecular formula is C9H12Br2O. The lowest BCUT2D eigenvalue weighted by Gasteiger charge is -2.21. The first kappa shape index (κ1) is 8.25. The molecule has 1 heterocycles. The molecule has 0 aromatic heterocycles. The standard InChI is InChI=1S/C9H12Br2O/c10-9(11)7-1-5-3-12-4-6(5)2-8(7)9/h5-8H,1-4H2/t5-,6-,7-,8+/m1/s1. The van der Waals surface area contributed by atoms with Crippen LogP contribution in [0.1, 0.15) is 12.8 Å². The van der Waals surface area contributed by atoms with Crippen LogP contribution in [0.4, 0.5) is 0 Å². The molecule has 0 bridgehead atoms. The molecule has 3 fully saturated rings. The van der Waals surface area contributed by atoms with E-state index in [0.29, 0.717) is 3.23 Å². The van der Waals surface area contributed by atoms with Gasteiger partial charge in [-0.15, -0.1) is 0 Å². The average molecular weight is 296 g/mol. The van der Waals surface area contributed by atoms with Gasteiger partial charge in [0.05, 0.1) is 3.23 Å². The topological polar surface area (TPSA) is 9.23 Å². The summed E-state index contributed by atoms with van der Waals surface area (Å²) < 4.78 is 5.81. The lowest BCUT2D eigenvalue weighted by molar-refractivity contribution is 0.180. The van der Waals surface area contributed by atoms with E-state index >= 15 is 0 Å². The van der Waals surface area contributed by atoms with Crippen molar-refractivity contribution in [3.63, 3.8) is 0 Å². The predicted molar refractivity (Wildman–Crippen MR) is 54.6 cm³/mol. The largest absolute Gasteiger partial charge is 0.381 e. The number of ether oxygens (including phenoxy) is 1. The van der Waals surface area contributed by atoms with Gasteiger partial charge in [-0.3, -0.25) is 0 Å². The third kappa shape index (κ3) is 0.992. The van der Waals surface area contributed by atoms with Gasteiger partial charge in [-0.25, -0.2) is 0 Å². The Hall–Kier alpha value is 0.920. The van der Waals surface area contributed by atoms with Gasteiger partial charge < -0.3 is 4.74 Å². The highest BCUT2D eigenvalue weighted by Crippen LogP contribution is 2.69. The molecule has 0 spiro atoms. The van der Waals surface area contributed by atoms with E-state index in [4.69, 9.17) is 4.74 Å². The molecule has 3 heteroatoms. The van der Waals surface area contributed by atoms with Crippen molar-refractivity contribution >= 4 is 31.9 Å². The molecule has 1 nitrogen and oxygen atoms in total. The third-order valence-electron chi connectivity index (χ3n) is 3.81. The van der Waals surface area contributed by atoms with E-state index in [-0.39, 0.29) is 0 Å². The quantitative estimate of drug-likeness (QED) is 0.625. The normalized spacial score (nSPS) is 54.5. The number of fused-ring (bicyclic) bond motifs is 2. The molecule has 12 heavy (non-hydrogen) atoms. The van der Waals surface area contributed by atoms with Crippen LogP contribution in [-0.2, 0) is 4.74 Å². The molecule has 1 saturated heterocycles. The highest BCUT2D eigenvalue weighted by Gasteiger charge is 2.65. The number of alkyl halides is 2. The van der Waals surface area contributed by atoms with E-state index < -0.39 is 0 Å². The minimum absolute atomic E-state index is 0.310. The lowest BCUT2D eigenvalue weighted by Crippen LogP contribution is -2.18. The maximum atomic E-state index is 5.50. The van der Waals surface area contributed by atoms with Gasteiger partial charge in [0, 0.05) is 13.2 Å². The van der Waals surface area contributed by atoms with Crippen LogP contribution in [0.15, 0.2) is 0 Å². The van der Waals surface area contributed by atoms with Crippen LogP contribution in [0, 0.1) is 23.7 Å². The van der Waals surface area contributed by atoms with Crippen molar-refractivity contribution in [2.24, 2.45) is 23.7 Å². The summed E-state index contributed by atoms with van der Waals surface area (Å²) in [5, 5.41) is 0. The molecule has 0 aromatic carbocycles. The Morgan fingerprint density at radius 1 is 1.00 bits per heavy atom. The van der Waals surface area contributed by atoms with Crippen LogP contribution in [0.3, 0.4) is 0 Å². The zero-order valence-corrected chi connectivity index (χ0v) is 9.97. The molecule has 2 saturated carbocycles. The van der Waals surface area contributed by atoms with Crippen molar-refractivity contribution in [3.8, 4) is 0 Å². The summed E-state index contributed by atoms with van der Waals surface area (Å²) in [4.78, 5) is 0. The average Bonchev–Trinajstić information content (AvgIpc) is 2.50. The smallest absolute Gasteiger partial charge is 0.0868 e. The second-order valence-electron chi connectivity index (χ2n) is 4.42. The molecule has 0 N–H and O–H groups in total. The van der Waals surface area contributed by atoms with Crippen molar-refractivity contribution in [1.82, 2.24) is 0 Å². The fraction of sp³-hybridized carbons (Fsp3) is 1.00. The fourth-order valence-electron chi connectivity index (χ4n) is 2.92. The summed E-state index contributed by atoms with van der Waals surface area (Å²) in [6.07, 6.45) is 2.73. The summed E-state index contributed by atoms with van der Waals surface area (Å²) in [5.74, 6) is 3.48. The van der Waals surface area contributed by atoms with Crippen LogP contribution in [-0.4, -0.2) is 16.4 Å². The molecule has 0 amide bonds. The second kappa shape index (κ2) is 2.48. The van der Waals surface area contributed by atoms with Gasteiger partial charge in [0.15, 0.2) is 0 Å². The highest BCUT2D eigenvalue weighted by atomic mass is 79.9. The summed E-state index contributed by atoms with van der Waals surface area (Å²) in [6, 6.07) is 0. The van der Waals surface area contributed by atoms with E-state index in [1.165, 1.54) is 12.8 Å². The monoisotopic (exact) mass is 294 g/mol. The van der Waals surface area contributed by atoms with Crippen molar-refractivity contribution in [1.29, 1.82) is 0 Å². The maximum Gasteiger partial charge on any atom is 0.0868 e. The highest BCUT2D eigenvalue weighted by molar-refractivity contribution is 9.25. The van der Waals surface area contributed by atoms with E-state index in [0.717, 1.165) is 36.9 Å². The van der Waals surface area contributed by atoms with Crippen molar-refractivity contribution in [2.45, 2.75) is 16.1 Å². The fourth-order valence-corrected chi connectivity index (χ4v) is 4.68.